The fourth-order valence-corrected chi connectivity index (χ4v) is 7.21. The topological polar surface area (TPSA) is 143 Å². The van der Waals surface area contributed by atoms with E-state index in [4.69, 9.17) is 46.5 Å². The van der Waals surface area contributed by atoms with Gasteiger partial charge in [-0.2, -0.15) is 5.26 Å². The third-order valence-corrected chi connectivity index (χ3v) is 10.9. The van der Waals surface area contributed by atoms with E-state index in [9.17, 15) is 9.59 Å². The summed E-state index contributed by atoms with van der Waals surface area (Å²) in [7, 11) is 0. The van der Waals surface area contributed by atoms with Crippen molar-refractivity contribution in [2.24, 2.45) is 0 Å². The second kappa shape index (κ2) is 24.2. The van der Waals surface area contributed by atoms with Gasteiger partial charge in [0.15, 0.2) is 0 Å². The van der Waals surface area contributed by atoms with Crippen molar-refractivity contribution in [2.75, 3.05) is 0 Å². The van der Waals surface area contributed by atoms with Crippen LogP contribution in [0.4, 0.5) is 0 Å². The van der Waals surface area contributed by atoms with Crippen LogP contribution in [-0.4, -0.2) is 32.1 Å². The van der Waals surface area contributed by atoms with Crippen LogP contribution in [0.5, 0.6) is 11.5 Å². The van der Waals surface area contributed by atoms with Crippen molar-refractivity contribution in [1.82, 2.24) is 9.97 Å². The zero-order chi connectivity index (χ0) is 45.1. The van der Waals surface area contributed by atoms with E-state index in [1.165, 1.54) is 0 Å². The number of pyridine rings is 2. The molecule has 0 saturated heterocycles. The molecule has 6 aromatic rings. The van der Waals surface area contributed by atoms with Crippen molar-refractivity contribution in [2.45, 2.75) is 104 Å². The Labute approximate surface area is 376 Å². The molecule has 0 spiro atoms. The number of unbranched alkanes of at least 4 members (excludes halogenated alkanes) is 2. The van der Waals surface area contributed by atoms with E-state index in [0.29, 0.717) is 23.4 Å². The molecule has 2 heterocycles. The van der Waals surface area contributed by atoms with Crippen LogP contribution in [0.15, 0.2) is 121 Å². The van der Waals surface area contributed by atoms with Gasteiger partial charge in [0.2, 0.25) is 0 Å². The number of benzene rings is 4. The van der Waals surface area contributed by atoms with Crippen molar-refractivity contribution >= 4 is 23.5 Å². The number of halogens is 1. The van der Waals surface area contributed by atoms with Gasteiger partial charge in [-0.25, -0.2) is 9.97 Å². The number of carbonyl (C=O) groups is 2. The molecule has 0 bridgehead atoms. The van der Waals surface area contributed by atoms with Gasteiger partial charge in [0.1, 0.15) is 23.7 Å². The van der Waals surface area contributed by atoms with Gasteiger partial charge >= 0.3 is 11.9 Å². The van der Waals surface area contributed by atoms with Gasteiger partial charge in [0.05, 0.1) is 34.4 Å². The normalized spacial score (nSPS) is 11.7. The van der Waals surface area contributed by atoms with Crippen LogP contribution >= 0.6 is 11.6 Å². The summed E-state index contributed by atoms with van der Waals surface area (Å²) in [6, 6.07) is 40.9. The quantitative estimate of drug-likeness (QED) is 0.0766. The summed E-state index contributed by atoms with van der Waals surface area (Å²) >= 11 is 6.02. The summed E-state index contributed by atoms with van der Waals surface area (Å²) in [6.07, 6.45) is 6.83. The molecule has 0 aliphatic heterocycles. The number of rotatable bonds is 20. The molecule has 0 unspecified atom stereocenters. The lowest BCUT2D eigenvalue weighted by Gasteiger charge is -2.20. The molecule has 0 radical (unpaired) electrons. The molecule has 63 heavy (non-hydrogen) atoms. The number of nitriles is 1. The molecule has 10 heteroatoms. The average molecular weight is 866 g/mol. The third-order valence-electron chi connectivity index (χ3n) is 10.7. The Hall–Kier alpha value is -6.50. The van der Waals surface area contributed by atoms with Gasteiger partial charge in [-0.05, 0) is 147 Å². The molecule has 6 rings (SSSR count). The highest BCUT2D eigenvalue weighted by Gasteiger charge is 2.18. The number of carboxylic acid groups (broad SMARTS) is 2. The minimum Gasteiger partial charge on any atom is -0.484 e. The zero-order valence-electron chi connectivity index (χ0n) is 36.5. The Morgan fingerprint density at radius 2 is 1.06 bits per heavy atom. The Balaban J connectivity index is 0.000000238. The van der Waals surface area contributed by atoms with E-state index in [-0.39, 0.29) is 25.0 Å². The first-order chi connectivity index (χ1) is 30.5. The molecule has 2 atom stereocenters. The maximum absolute atomic E-state index is 10.9. The van der Waals surface area contributed by atoms with Gasteiger partial charge in [-0.15, -0.1) is 0 Å². The number of ether oxygens (including phenoxy) is 2. The van der Waals surface area contributed by atoms with Crippen molar-refractivity contribution < 1.29 is 29.3 Å². The third kappa shape index (κ3) is 14.8. The van der Waals surface area contributed by atoms with Gasteiger partial charge in [0.25, 0.3) is 0 Å². The van der Waals surface area contributed by atoms with Gasteiger partial charge in [-0.1, -0.05) is 86.8 Å². The van der Waals surface area contributed by atoms with Crippen LogP contribution in [0.25, 0.3) is 22.5 Å². The first kappa shape index (κ1) is 47.5. The molecule has 4 aromatic carbocycles. The molecule has 9 nitrogen and oxygen atoms in total. The summed E-state index contributed by atoms with van der Waals surface area (Å²) in [5.41, 5.74) is 10.2. The van der Waals surface area contributed by atoms with Crippen molar-refractivity contribution in [3.8, 4) is 40.1 Å². The fourth-order valence-electron chi connectivity index (χ4n) is 7.09. The van der Waals surface area contributed by atoms with Crippen molar-refractivity contribution in [1.29, 1.82) is 5.26 Å². The van der Waals surface area contributed by atoms with Crippen LogP contribution in [0.3, 0.4) is 0 Å². The second-order valence-electron chi connectivity index (χ2n) is 15.6. The van der Waals surface area contributed by atoms with Crippen LogP contribution in [0.1, 0.15) is 117 Å². The molecule has 0 aliphatic carbocycles. The van der Waals surface area contributed by atoms with E-state index in [1.54, 1.807) is 12.1 Å². The van der Waals surface area contributed by atoms with Crippen LogP contribution in [0.2, 0.25) is 5.02 Å². The number of hydrogen-bond donors (Lipinski definition) is 2. The summed E-state index contributed by atoms with van der Waals surface area (Å²) < 4.78 is 12.7. The van der Waals surface area contributed by atoms with Crippen molar-refractivity contribution in [3.63, 3.8) is 0 Å². The zero-order valence-corrected chi connectivity index (χ0v) is 37.3. The molecule has 2 aromatic heterocycles. The number of nitrogens with zero attached hydrogens (tertiary/aromatic N) is 3. The molecule has 0 fully saturated rings. The van der Waals surface area contributed by atoms with E-state index in [2.05, 4.69) is 19.9 Å². The summed E-state index contributed by atoms with van der Waals surface area (Å²) in [5.74, 6) is -0.0480. The maximum Gasteiger partial charge on any atom is 0.303 e. The van der Waals surface area contributed by atoms with Crippen molar-refractivity contribution in [3.05, 3.63) is 166 Å². The first-order valence-electron chi connectivity index (χ1n) is 21.6. The van der Waals surface area contributed by atoms with Gasteiger partial charge in [0, 0.05) is 29.0 Å². The van der Waals surface area contributed by atoms with Crippen LogP contribution in [0, 0.1) is 25.2 Å². The fraction of sp³-hybridized carbons (Fsp3) is 0.302. The molecule has 0 saturated carbocycles. The minimum atomic E-state index is -0.794. The molecule has 0 amide bonds. The molecule has 326 valence electrons. The summed E-state index contributed by atoms with van der Waals surface area (Å²) in [4.78, 5) is 31.5. The largest absolute Gasteiger partial charge is 0.484 e. The minimum absolute atomic E-state index is 0.117. The van der Waals surface area contributed by atoms with Gasteiger partial charge in [-0.3, -0.25) is 9.59 Å². The average Bonchev–Trinajstić information content (AvgIpc) is 3.29. The highest BCUT2D eigenvalue weighted by molar-refractivity contribution is 6.30. The molecular weight excluding hydrogens is 810 g/mol. The monoisotopic (exact) mass is 865 g/mol. The standard InChI is InChI=1S/C27H28N2O3.C26H28ClNO3/c1-3-4-8-26(32-23-15-13-21(19(2)17-23)14-16-27(30)31)25-7-5-6-24(29-25)22-11-9-20(18-28)10-12-22;1-3-4-8-25(31-22-15-11-19(18(2)17-22)12-16-26(29)30)24-7-5-6-23(28-24)20-9-13-21(27)14-10-20/h5-7,9-13,15,17,26H,3-4,8,14,16H2,1-2H3,(H,30,31);5-7,9-11,13-15,17,25H,3-4,8,12,16H2,1-2H3,(H,29,30)/t26-;25-/m00/s1. The molecule has 2 N–H and O–H groups in total. The predicted octanol–water partition coefficient (Wildman–Crippen LogP) is 13.3. The first-order valence-corrected chi connectivity index (χ1v) is 22.0. The van der Waals surface area contributed by atoms with Crippen LogP contribution in [-0.2, 0) is 22.4 Å². The second-order valence-corrected chi connectivity index (χ2v) is 16.0. The van der Waals surface area contributed by atoms with E-state index in [1.807, 2.05) is 123 Å². The Morgan fingerprint density at radius 3 is 1.44 bits per heavy atom. The predicted molar refractivity (Wildman–Crippen MR) is 249 cm³/mol. The maximum atomic E-state index is 10.9. The Bertz CT molecular complexity index is 2460. The number of aliphatic carboxylic acids is 2. The Morgan fingerprint density at radius 1 is 0.635 bits per heavy atom. The van der Waals surface area contributed by atoms with Gasteiger partial charge < -0.3 is 19.7 Å². The number of hydrogen-bond acceptors (Lipinski definition) is 7. The molecular formula is C53H56ClN3O6. The van der Waals surface area contributed by atoms with Crippen LogP contribution < -0.4 is 9.47 Å². The lowest BCUT2D eigenvalue weighted by molar-refractivity contribution is -0.138. The van der Waals surface area contributed by atoms with E-state index < -0.39 is 11.9 Å². The van der Waals surface area contributed by atoms with E-state index in [0.717, 1.165) is 106 Å². The smallest absolute Gasteiger partial charge is 0.303 e. The summed E-state index contributed by atoms with van der Waals surface area (Å²) in [6.45, 7) is 8.29. The summed E-state index contributed by atoms with van der Waals surface area (Å²) in [5, 5.41) is 27.6. The number of aryl methyl sites for hydroxylation is 4. The number of carboxylic acids is 2. The highest BCUT2D eigenvalue weighted by Crippen LogP contribution is 2.31. The van der Waals surface area contributed by atoms with E-state index >= 15 is 0 Å². The highest BCUT2D eigenvalue weighted by atomic mass is 35.5. The lowest BCUT2D eigenvalue weighted by Crippen LogP contribution is -2.10. The lowest BCUT2D eigenvalue weighted by atomic mass is 10.0. The number of aromatic nitrogens is 2. The SMILES string of the molecule is CCCC[C@H](Oc1ccc(CCC(=O)O)c(C)c1)c1cccc(-c2ccc(C#N)cc2)n1.CCCC[C@H](Oc1ccc(CCC(=O)O)c(C)c1)c1cccc(-c2ccc(Cl)cc2)n1. The Kier molecular flexibility index (Phi) is 18.3. The molecule has 0 aliphatic rings.